The van der Waals surface area contributed by atoms with Crippen LogP contribution in [-0.2, 0) is 9.59 Å². The van der Waals surface area contributed by atoms with Gasteiger partial charge >= 0.3 is 5.97 Å². The molecule has 0 unspecified atom stereocenters. The normalized spacial score (nSPS) is 8.80. The van der Waals surface area contributed by atoms with E-state index in [2.05, 4.69) is 38.3 Å². The molecule has 6 nitrogen and oxygen atoms in total. The number of nitrogens with one attached hydrogen (secondary N) is 2. The Morgan fingerprint density at radius 3 is 1.88 bits per heavy atom. The Bertz CT molecular complexity index is 474. The van der Waals surface area contributed by atoms with Crippen LogP contribution in [0.25, 0.3) is 0 Å². The standard InChI is InChI=1S/C12H14N2O4.C4H10.C3H8/c15-10(13-7-6-11(16)17)8-14-12(18)9-4-2-1-3-5-9;1-3-4-2;1-3-2/h1-5H,6-8H2,(H,13,15)(H,14,18)(H,16,17);3-4H2,1-2H3;3H2,1-2H3. The van der Waals surface area contributed by atoms with Crippen LogP contribution in [0.15, 0.2) is 30.3 Å². The second-order valence-electron chi connectivity index (χ2n) is 5.25. The molecule has 25 heavy (non-hydrogen) atoms. The molecular weight excluding hydrogens is 320 g/mol. The Morgan fingerprint density at radius 1 is 0.920 bits per heavy atom. The lowest BCUT2D eigenvalue weighted by Gasteiger charge is -2.05. The van der Waals surface area contributed by atoms with E-state index in [1.54, 1.807) is 30.3 Å². The number of rotatable bonds is 7. The van der Waals surface area contributed by atoms with Crippen LogP contribution in [0.4, 0.5) is 0 Å². The fraction of sp³-hybridized carbons (Fsp3) is 0.526. The number of carbonyl (C=O) groups excluding carboxylic acids is 2. The second kappa shape index (κ2) is 18.0. The van der Waals surface area contributed by atoms with Gasteiger partial charge in [0.1, 0.15) is 0 Å². The van der Waals surface area contributed by atoms with Crippen molar-refractivity contribution in [2.24, 2.45) is 0 Å². The fourth-order valence-corrected chi connectivity index (χ4v) is 1.22. The van der Waals surface area contributed by atoms with Crippen LogP contribution in [-0.4, -0.2) is 36.0 Å². The maximum atomic E-state index is 11.5. The largest absolute Gasteiger partial charge is 0.481 e. The van der Waals surface area contributed by atoms with Gasteiger partial charge in [-0.1, -0.05) is 65.2 Å². The molecule has 6 heteroatoms. The summed E-state index contributed by atoms with van der Waals surface area (Å²) < 4.78 is 0. The molecule has 0 aliphatic rings. The number of hydrogen-bond donors (Lipinski definition) is 3. The third kappa shape index (κ3) is 17.8. The molecule has 0 aromatic heterocycles. The summed E-state index contributed by atoms with van der Waals surface area (Å²) in [5, 5.41) is 13.2. The first-order valence-corrected chi connectivity index (χ1v) is 8.74. The van der Waals surface area contributed by atoms with Gasteiger partial charge in [-0.05, 0) is 12.1 Å². The first kappa shape index (κ1) is 24.9. The van der Waals surface area contributed by atoms with E-state index in [1.165, 1.54) is 19.3 Å². The molecule has 0 spiro atoms. The van der Waals surface area contributed by atoms with Crippen molar-refractivity contribution in [3.8, 4) is 0 Å². The van der Waals surface area contributed by atoms with Crippen LogP contribution < -0.4 is 10.6 Å². The molecule has 0 bridgehead atoms. The summed E-state index contributed by atoms with van der Waals surface area (Å²) >= 11 is 0. The summed E-state index contributed by atoms with van der Waals surface area (Å²) in [6, 6.07) is 8.51. The molecular formula is C19H32N2O4. The van der Waals surface area contributed by atoms with E-state index in [1.807, 2.05) is 0 Å². The first-order chi connectivity index (χ1) is 11.9. The van der Waals surface area contributed by atoms with Gasteiger partial charge in [0.25, 0.3) is 5.91 Å². The van der Waals surface area contributed by atoms with Crippen molar-refractivity contribution < 1.29 is 19.5 Å². The van der Waals surface area contributed by atoms with Crippen molar-refractivity contribution >= 4 is 17.8 Å². The smallest absolute Gasteiger partial charge is 0.305 e. The molecule has 0 heterocycles. The van der Waals surface area contributed by atoms with Gasteiger partial charge in [-0.25, -0.2) is 0 Å². The molecule has 2 amide bonds. The van der Waals surface area contributed by atoms with Crippen LogP contribution in [0.2, 0.25) is 0 Å². The zero-order valence-electron chi connectivity index (χ0n) is 15.8. The maximum absolute atomic E-state index is 11.5. The Balaban J connectivity index is 0. The van der Waals surface area contributed by atoms with Crippen molar-refractivity contribution in [3.63, 3.8) is 0 Å². The highest BCUT2D eigenvalue weighted by Crippen LogP contribution is 1.97. The van der Waals surface area contributed by atoms with E-state index in [0.717, 1.165) is 0 Å². The summed E-state index contributed by atoms with van der Waals surface area (Å²) in [4.78, 5) is 33.0. The Labute approximate surface area is 151 Å². The Hall–Kier alpha value is -2.37. The summed E-state index contributed by atoms with van der Waals surface area (Å²) in [7, 11) is 0. The summed E-state index contributed by atoms with van der Waals surface area (Å²) in [6.45, 7) is 8.49. The molecule has 0 radical (unpaired) electrons. The Morgan fingerprint density at radius 2 is 1.44 bits per heavy atom. The molecule has 1 aromatic carbocycles. The van der Waals surface area contributed by atoms with Crippen LogP contribution in [0.1, 0.15) is 63.7 Å². The summed E-state index contributed by atoms with van der Waals surface area (Å²) in [5.41, 5.74) is 0.468. The van der Waals surface area contributed by atoms with Gasteiger partial charge in [0.15, 0.2) is 0 Å². The van der Waals surface area contributed by atoms with Crippen molar-refractivity contribution in [1.29, 1.82) is 0 Å². The van der Waals surface area contributed by atoms with E-state index >= 15 is 0 Å². The molecule has 0 aliphatic heterocycles. The summed E-state index contributed by atoms with van der Waals surface area (Å²) in [5.74, 6) is -1.74. The number of carboxylic acid groups (broad SMARTS) is 1. The first-order valence-electron chi connectivity index (χ1n) is 8.74. The highest BCUT2D eigenvalue weighted by Gasteiger charge is 2.07. The average Bonchev–Trinajstić information content (AvgIpc) is 2.61. The topological polar surface area (TPSA) is 95.5 Å². The minimum absolute atomic E-state index is 0.0510. The van der Waals surface area contributed by atoms with Gasteiger partial charge in [0.2, 0.25) is 5.91 Å². The van der Waals surface area contributed by atoms with E-state index in [0.29, 0.717) is 5.56 Å². The van der Waals surface area contributed by atoms with E-state index < -0.39 is 11.9 Å². The van der Waals surface area contributed by atoms with Gasteiger partial charge in [-0.2, -0.15) is 0 Å². The minimum atomic E-state index is -0.983. The number of unbranched alkanes of at least 4 members (excludes halogenated alkanes) is 1. The fourth-order valence-electron chi connectivity index (χ4n) is 1.22. The molecule has 0 atom stereocenters. The molecule has 3 N–H and O–H groups in total. The van der Waals surface area contributed by atoms with Crippen molar-refractivity contribution in [2.45, 2.75) is 53.4 Å². The zero-order chi connectivity index (χ0) is 19.5. The maximum Gasteiger partial charge on any atom is 0.305 e. The number of aliphatic carboxylic acids is 1. The van der Waals surface area contributed by atoms with Gasteiger partial charge in [-0.15, -0.1) is 0 Å². The Kier molecular flexibility index (Phi) is 17.9. The van der Waals surface area contributed by atoms with E-state index in [-0.39, 0.29) is 25.4 Å². The number of amides is 2. The van der Waals surface area contributed by atoms with Crippen LogP contribution in [0, 0.1) is 0 Å². The summed E-state index contributed by atoms with van der Waals surface area (Å²) in [6.07, 6.45) is 3.75. The number of hydrogen-bond acceptors (Lipinski definition) is 3. The van der Waals surface area contributed by atoms with Gasteiger partial charge in [0, 0.05) is 12.1 Å². The van der Waals surface area contributed by atoms with Crippen LogP contribution in [0.3, 0.4) is 0 Å². The quantitative estimate of drug-likeness (QED) is 0.702. The van der Waals surface area contributed by atoms with E-state index in [9.17, 15) is 14.4 Å². The zero-order valence-corrected chi connectivity index (χ0v) is 15.8. The monoisotopic (exact) mass is 352 g/mol. The average molecular weight is 352 g/mol. The number of carboxylic acids is 1. The van der Waals surface area contributed by atoms with Crippen molar-refractivity contribution in [2.75, 3.05) is 13.1 Å². The van der Waals surface area contributed by atoms with E-state index in [4.69, 9.17) is 5.11 Å². The van der Waals surface area contributed by atoms with Gasteiger partial charge in [-0.3, -0.25) is 14.4 Å². The lowest BCUT2D eigenvalue weighted by Crippen LogP contribution is -2.37. The van der Waals surface area contributed by atoms with Gasteiger partial charge in [0.05, 0.1) is 13.0 Å². The van der Waals surface area contributed by atoms with Crippen LogP contribution >= 0.6 is 0 Å². The molecule has 0 saturated heterocycles. The molecule has 142 valence electrons. The third-order valence-electron chi connectivity index (χ3n) is 2.61. The predicted octanol–water partition coefficient (Wildman–Crippen LogP) is 3.23. The predicted molar refractivity (Wildman–Crippen MR) is 101 cm³/mol. The lowest BCUT2D eigenvalue weighted by molar-refractivity contribution is -0.136. The molecule has 0 saturated carbocycles. The molecule has 0 fully saturated rings. The van der Waals surface area contributed by atoms with Crippen LogP contribution in [0.5, 0.6) is 0 Å². The number of benzene rings is 1. The third-order valence-corrected chi connectivity index (χ3v) is 2.61. The highest BCUT2D eigenvalue weighted by atomic mass is 16.4. The van der Waals surface area contributed by atoms with Crippen molar-refractivity contribution in [3.05, 3.63) is 35.9 Å². The number of carbonyl (C=O) groups is 3. The molecule has 1 rings (SSSR count). The molecule has 0 aliphatic carbocycles. The van der Waals surface area contributed by atoms with Gasteiger partial charge < -0.3 is 15.7 Å². The SMILES string of the molecule is CCC.CCCC.O=C(O)CCNC(=O)CNC(=O)c1ccccc1. The molecule has 1 aromatic rings. The minimum Gasteiger partial charge on any atom is -0.481 e. The highest BCUT2D eigenvalue weighted by molar-refractivity contribution is 5.96. The lowest BCUT2D eigenvalue weighted by atomic mass is 10.2. The second-order valence-corrected chi connectivity index (χ2v) is 5.25. The van der Waals surface area contributed by atoms with Crippen molar-refractivity contribution in [1.82, 2.24) is 10.6 Å².